The number of nitrogens with zero attached hydrogens (tertiary/aromatic N) is 3. The van der Waals surface area contributed by atoms with Gasteiger partial charge in [-0.2, -0.15) is 0 Å². The lowest BCUT2D eigenvalue weighted by atomic mass is 10.2. The average molecular weight is 380 g/mol. The van der Waals surface area contributed by atoms with Crippen molar-refractivity contribution >= 4 is 29.3 Å². The van der Waals surface area contributed by atoms with E-state index in [4.69, 9.17) is 4.74 Å². The van der Waals surface area contributed by atoms with Crippen LogP contribution in [-0.4, -0.2) is 60.6 Å². The van der Waals surface area contributed by atoms with Gasteiger partial charge in [-0.3, -0.25) is 4.79 Å². The number of carbonyl (C=O) groups is 3. The molecule has 8 heteroatoms. The van der Waals surface area contributed by atoms with Crippen LogP contribution in [-0.2, 0) is 4.79 Å². The molecule has 2 fully saturated rings. The quantitative estimate of drug-likeness (QED) is 0.829. The molecule has 1 atom stereocenters. The molecule has 2 aliphatic heterocycles. The first kappa shape index (κ1) is 17.8. The Hall–Kier alpha value is -3.55. The van der Waals surface area contributed by atoms with Crippen LogP contribution in [0, 0.1) is 0 Å². The minimum atomic E-state index is -0.686. The number of ether oxygens (including phenoxy) is 1. The van der Waals surface area contributed by atoms with Crippen molar-refractivity contribution in [3.8, 4) is 5.75 Å². The van der Waals surface area contributed by atoms with E-state index in [-0.39, 0.29) is 24.5 Å². The van der Waals surface area contributed by atoms with Crippen LogP contribution in [0.1, 0.15) is 0 Å². The molecule has 28 heavy (non-hydrogen) atoms. The second-order valence-electron chi connectivity index (χ2n) is 6.61. The topological polar surface area (TPSA) is 82.2 Å². The number of fused-ring (bicyclic) bond motifs is 1. The van der Waals surface area contributed by atoms with Gasteiger partial charge in [-0.15, -0.1) is 0 Å². The Morgan fingerprint density at radius 2 is 1.86 bits per heavy atom. The molecule has 1 N–H and O–H groups in total. The number of hydrogen-bond acceptors (Lipinski definition) is 4. The second-order valence-corrected chi connectivity index (χ2v) is 6.61. The Balaban J connectivity index is 1.50. The predicted molar refractivity (Wildman–Crippen MR) is 103 cm³/mol. The van der Waals surface area contributed by atoms with E-state index >= 15 is 0 Å². The highest BCUT2D eigenvalue weighted by Crippen LogP contribution is 2.29. The summed E-state index contributed by atoms with van der Waals surface area (Å²) in [5, 5.41) is 2.82. The zero-order chi connectivity index (χ0) is 19.7. The standard InChI is InChI=1S/C20H20N4O4/c1-28-16-9-5-8-15(12-16)24-18(25)17-13-22(10-11-23(17)20(24)27)19(26)21-14-6-3-2-4-7-14/h2-9,12,17H,10-11,13H2,1H3,(H,21,26). The third-order valence-electron chi connectivity index (χ3n) is 4.95. The van der Waals surface area contributed by atoms with Gasteiger partial charge in [0.05, 0.1) is 19.3 Å². The van der Waals surface area contributed by atoms with Gasteiger partial charge in [0.15, 0.2) is 0 Å². The number of rotatable bonds is 3. The van der Waals surface area contributed by atoms with Gasteiger partial charge in [-0.1, -0.05) is 24.3 Å². The highest BCUT2D eigenvalue weighted by Gasteiger charge is 2.49. The highest BCUT2D eigenvalue weighted by molar-refractivity contribution is 6.21. The third kappa shape index (κ3) is 3.13. The number of urea groups is 2. The van der Waals surface area contributed by atoms with Crippen LogP contribution in [0.25, 0.3) is 0 Å². The lowest BCUT2D eigenvalue weighted by molar-refractivity contribution is -0.120. The maximum absolute atomic E-state index is 12.9. The first-order chi connectivity index (χ1) is 13.6. The van der Waals surface area contributed by atoms with Gasteiger partial charge < -0.3 is 19.9 Å². The first-order valence-corrected chi connectivity index (χ1v) is 8.98. The minimum Gasteiger partial charge on any atom is -0.497 e. The Bertz CT molecular complexity index is 917. The van der Waals surface area contributed by atoms with Gasteiger partial charge in [0.1, 0.15) is 11.8 Å². The molecule has 0 spiro atoms. The van der Waals surface area contributed by atoms with E-state index in [9.17, 15) is 14.4 Å². The SMILES string of the molecule is COc1cccc(N2C(=O)C3CN(C(=O)Nc4ccccc4)CCN3C2=O)c1. The normalized spacial score (nSPS) is 18.9. The number of anilines is 2. The Morgan fingerprint density at radius 3 is 2.61 bits per heavy atom. The molecule has 4 rings (SSSR count). The number of nitrogens with one attached hydrogen (secondary N) is 1. The third-order valence-corrected chi connectivity index (χ3v) is 4.95. The molecule has 2 heterocycles. The van der Waals surface area contributed by atoms with Crippen molar-refractivity contribution in [2.75, 3.05) is 37.0 Å². The highest BCUT2D eigenvalue weighted by atomic mass is 16.5. The van der Waals surface area contributed by atoms with Gasteiger partial charge in [0.25, 0.3) is 5.91 Å². The van der Waals surface area contributed by atoms with Gasteiger partial charge >= 0.3 is 12.1 Å². The zero-order valence-electron chi connectivity index (χ0n) is 15.4. The molecular weight excluding hydrogens is 360 g/mol. The first-order valence-electron chi connectivity index (χ1n) is 8.98. The van der Waals surface area contributed by atoms with Gasteiger partial charge in [-0.25, -0.2) is 14.5 Å². The molecular formula is C20H20N4O4. The largest absolute Gasteiger partial charge is 0.497 e. The van der Waals surface area contributed by atoms with E-state index in [0.29, 0.717) is 30.2 Å². The van der Waals surface area contributed by atoms with E-state index < -0.39 is 6.04 Å². The van der Waals surface area contributed by atoms with Crippen molar-refractivity contribution in [2.24, 2.45) is 0 Å². The Kier molecular flexibility index (Phi) is 4.60. The number of methoxy groups -OCH3 is 1. The molecule has 2 aromatic carbocycles. The summed E-state index contributed by atoms with van der Waals surface area (Å²) in [6.07, 6.45) is 0. The summed E-state index contributed by atoms with van der Waals surface area (Å²) in [5.41, 5.74) is 1.14. The van der Waals surface area contributed by atoms with Crippen LogP contribution in [0.3, 0.4) is 0 Å². The molecule has 0 saturated carbocycles. The monoisotopic (exact) mass is 380 g/mol. The van der Waals surface area contributed by atoms with Crippen molar-refractivity contribution in [2.45, 2.75) is 6.04 Å². The number of hydrogen-bond donors (Lipinski definition) is 1. The van der Waals surface area contributed by atoms with E-state index in [0.717, 1.165) is 4.90 Å². The predicted octanol–water partition coefficient (Wildman–Crippen LogP) is 2.38. The van der Waals surface area contributed by atoms with Crippen molar-refractivity contribution in [3.05, 3.63) is 54.6 Å². The molecule has 2 aliphatic rings. The molecule has 2 aromatic rings. The Labute approximate surface area is 162 Å². The zero-order valence-corrected chi connectivity index (χ0v) is 15.4. The van der Waals surface area contributed by atoms with Crippen LogP contribution >= 0.6 is 0 Å². The number of piperazine rings is 1. The van der Waals surface area contributed by atoms with Crippen molar-refractivity contribution in [1.29, 1.82) is 0 Å². The maximum atomic E-state index is 12.9. The average Bonchev–Trinajstić information content (AvgIpc) is 2.98. The summed E-state index contributed by atoms with van der Waals surface area (Å²) >= 11 is 0. The smallest absolute Gasteiger partial charge is 0.332 e. The number of para-hydroxylation sites is 1. The summed E-state index contributed by atoms with van der Waals surface area (Å²) in [6, 6.07) is 14.6. The van der Waals surface area contributed by atoms with E-state index in [1.165, 1.54) is 12.0 Å². The number of benzene rings is 2. The lowest BCUT2D eigenvalue weighted by Crippen LogP contribution is -2.55. The Morgan fingerprint density at radius 1 is 1.07 bits per heavy atom. The van der Waals surface area contributed by atoms with Crippen molar-refractivity contribution in [3.63, 3.8) is 0 Å². The molecule has 0 aliphatic carbocycles. The molecule has 1 unspecified atom stereocenters. The van der Waals surface area contributed by atoms with Crippen LogP contribution in [0.5, 0.6) is 5.75 Å². The summed E-state index contributed by atoms with van der Waals surface area (Å²) in [4.78, 5) is 42.5. The summed E-state index contributed by atoms with van der Waals surface area (Å²) in [6.45, 7) is 0.821. The molecule has 0 aromatic heterocycles. The summed E-state index contributed by atoms with van der Waals surface area (Å²) in [5.74, 6) is 0.224. The fourth-order valence-electron chi connectivity index (χ4n) is 3.49. The van der Waals surface area contributed by atoms with Crippen LogP contribution < -0.4 is 15.0 Å². The maximum Gasteiger partial charge on any atom is 0.332 e. The van der Waals surface area contributed by atoms with Gasteiger partial charge in [0.2, 0.25) is 0 Å². The molecule has 2 saturated heterocycles. The van der Waals surface area contributed by atoms with Crippen molar-refractivity contribution < 1.29 is 19.1 Å². The molecule has 0 radical (unpaired) electrons. The van der Waals surface area contributed by atoms with Gasteiger partial charge in [0, 0.05) is 24.8 Å². The van der Waals surface area contributed by atoms with Crippen LogP contribution in [0.15, 0.2) is 54.6 Å². The van der Waals surface area contributed by atoms with Crippen LogP contribution in [0.2, 0.25) is 0 Å². The molecule has 0 bridgehead atoms. The van der Waals surface area contributed by atoms with E-state index in [2.05, 4.69) is 5.32 Å². The second kappa shape index (κ2) is 7.22. The lowest BCUT2D eigenvalue weighted by Gasteiger charge is -2.35. The summed E-state index contributed by atoms with van der Waals surface area (Å²) in [7, 11) is 1.53. The van der Waals surface area contributed by atoms with E-state index in [1.54, 1.807) is 41.3 Å². The number of carbonyl (C=O) groups excluding carboxylic acids is 3. The van der Waals surface area contributed by atoms with E-state index in [1.807, 2.05) is 18.2 Å². The fourth-order valence-corrected chi connectivity index (χ4v) is 3.49. The summed E-state index contributed by atoms with van der Waals surface area (Å²) < 4.78 is 5.18. The van der Waals surface area contributed by atoms with Gasteiger partial charge in [-0.05, 0) is 24.3 Å². The molecule has 8 nitrogen and oxygen atoms in total. The number of amides is 5. The fraction of sp³-hybridized carbons (Fsp3) is 0.250. The minimum absolute atomic E-state index is 0.156. The number of imide groups is 1. The van der Waals surface area contributed by atoms with Crippen LogP contribution in [0.4, 0.5) is 21.0 Å². The van der Waals surface area contributed by atoms with Crippen molar-refractivity contribution in [1.82, 2.24) is 9.80 Å². The molecule has 144 valence electrons. The molecule has 5 amide bonds.